The van der Waals surface area contributed by atoms with Crippen molar-refractivity contribution in [2.45, 2.75) is 6.61 Å². The Balaban J connectivity index is 1.56. The van der Waals surface area contributed by atoms with Crippen LogP contribution in [0.3, 0.4) is 0 Å². The Labute approximate surface area is 152 Å². The number of esters is 1. The average Bonchev–Trinajstić information content (AvgIpc) is 2.70. The van der Waals surface area contributed by atoms with Crippen molar-refractivity contribution in [2.75, 3.05) is 20.8 Å². The van der Waals surface area contributed by atoms with Crippen LogP contribution in [-0.2, 0) is 16.1 Å². The van der Waals surface area contributed by atoms with Gasteiger partial charge in [0, 0.05) is 0 Å². The lowest BCUT2D eigenvalue weighted by atomic mass is 10.1. The molecule has 0 aliphatic carbocycles. The molecule has 0 N–H and O–H groups in total. The lowest BCUT2D eigenvalue weighted by Gasteiger charge is -2.10. The summed E-state index contributed by atoms with van der Waals surface area (Å²) in [5.41, 5.74) is 0.910. The number of carbonyl (C=O) groups excluding carboxylic acids is 1. The Morgan fingerprint density at radius 1 is 0.846 bits per heavy atom. The molecule has 0 heterocycles. The van der Waals surface area contributed by atoms with Crippen LogP contribution >= 0.6 is 0 Å². The Hall–Kier alpha value is -3.21. The molecule has 3 rings (SSSR count). The van der Waals surface area contributed by atoms with E-state index in [1.807, 2.05) is 48.5 Å². The molecule has 0 unspecified atom stereocenters. The molecule has 0 fully saturated rings. The fraction of sp³-hybridized carbons (Fsp3) is 0.190. The lowest BCUT2D eigenvalue weighted by Crippen LogP contribution is -2.15. The van der Waals surface area contributed by atoms with Gasteiger partial charge in [-0.25, -0.2) is 4.79 Å². The highest BCUT2D eigenvalue weighted by Gasteiger charge is 2.08. The monoisotopic (exact) mass is 352 g/mol. The van der Waals surface area contributed by atoms with Gasteiger partial charge in [-0.15, -0.1) is 0 Å². The Kier molecular flexibility index (Phi) is 5.59. The second-order valence-electron chi connectivity index (χ2n) is 5.65. The fourth-order valence-corrected chi connectivity index (χ4v) is 2.57. The van der Waals surface area contributed by atoms with E-state index >= 15 is 0 Å². The van der Waals surface area contributed by atoms with Gasteiger partial charge in [0.05, 0.1) is 14.2 Å². The van der Waals surface area contributed by atoms with Gasteiger partial charge in [0.15, 0.2) is 18.1 Å². The van der Waals surface area contributed by atoms with Crippen molar-refractivity contribution in [3.8, 4) is 17.2 Å². The first kappa shape index (κ1) is 17.6. The number of hydrogen-bond acceptors (Lipinski definition) is 5. The summed E-state index contributed by atoms with van der Waals surface area (Å²) in [4.78, 5) is 11.9. The van der Waals surface area contributed by atoms with Crippen molar-refractivity contribution in [3.63, 3.8) is 0 Å². The second kappa shape index (κ2) is 8.25. The van der Waals surface area contributed by atoms with Crippen LogP contribution in [0.5, 0.6) is 17.2 Å². The molecule has 0 saturated carbocycles. The third-order valence-corrected chi connectivity index (χ3v) is 3.93. The van der Waals surface area contributed by atoms with Crippen molar-refractivity contribution < 1.29 is 23.7 Å². The molecule has 0 aromatic heterocycles. The highest BCUT2D eigenvalue weighted by atomic mass is 16.6. The molecule has 3 aromatic rings. The van der Waals surface area contributed by atoms with Gasteiger partial charge in [0.2, 0.25) is 0 Å². The van der Waals surface area contributed by atoms with Crippen molar-refractivity contribution in [2.24, 2.45) is 0 Å². The number of benzene rings is 3. The van der Waals surface area contributed by atoms with Gasteiger partial charge in [0.25, 0.3) is 0 Å². The van der Waals surface area contributed by atoms with Crippen molar-refractivity contribution in [1.82, 2.24) is 0 Å². The van der Waals surface area contributed by atoms with Crippen LogP contribution in [0.15, 0.2) is 60.7 Å². The molecule has 3 aromatic carbocycles. The summed E-state index contributed by atoms with van der Waals surface area (Å²) in [7, 11) is 3.19. The number of methoxy groups -OCH3 is 2. The van der Waals surface area contributed by atoms with Crippen LogP contribution in [0.1, 0.15) is 5.56 Å². The summed E-state index contributed by atoms with van der Waals surface area (Å²) in [5.74, 6) is 1.45. The zero-order valence-electron chi connectivity index (χ0n) is 14.7. The van der Waals surface area contributed by atoms with Crippen LogP contribution in [0.4, 0.5) is 0 Å². The summed E-state index contributed by atoms with van der Waals surface area (Å²) in [6.45, 7) is 0.0151. The SMILES string of the molecule is COc1ccc2cc(COC(=O)COc3ccccc3OC)ccc2c1. The molecule has 0 bridgehead atoms. The predicted molar refractivity (Wildman–Crippen MR) is 98.8 cm³/mol. The highest BCUT2D eigenvalue weighted by molar-refractivity contribution is 5.84. The molecule has 0 amide bonds. The maximum absolute atomic E-state index is 11.9. The standard InChI is InChI=1S/C21H20O5/c1-23-18-10-9-16-11-15(7-8-17(16)12-18)13-26-21(22)14-25-20-6-4-3-5-19(20)24-2/h3-12H,13-14H2,1-2H3. The molecule has 0 spiro atoms. The minimum atomic E-state index is -0.439. The Morgan fingerprint density at radius 2 is 1.58 bits per heavy atom. The number of rotatable bonds is 7. The van der Waals surface area contributed by atoms with Gasteiger partial charge in [-0.2, -0.15) is 0 Å². The van der Waals surface area contributed by atoms with Gasteiger partial charge in [-0.3, -0.25) is 0 Å². The van der Waals surface area contributed by atoms with Gasteiger partial charge in [-0.05, 0) is 46.7 Å². The molecule has 134 valence electrons. The molecular formula is C21H20O5. The zero-order chi connectivity index (χ0) is 18.4. The van der Waals surface area contributed by atoms with Crippen LogP contribution in [0.25, 0.3) is 10.8 Å². The third kappa shape index (κ3) is 4.25. The maximum atomic E-state index is 11.9. The zero-order valence-corrected chi connectivity index (χ0v) is 14.7. The van der Waals surface area contributed by atoms with E-state index in [1.165, 1.54) is 0 Å². The first-order valence-corrected chi connectivity index (χ1v) is 8.17. The molecule has 5 heteroatoms. The minimum Gasteiger partial charge on any atom is -0.497 e. The molecule has 0 saturated heterocycles. The first-order valence-electron chi connectivity index (χ1n) is 8.17. The third-order valence-electron chi connectivity index (χ3n) is 3.93. The van der Waals surface area contributed by atoms with E-state index in [-0.39, 0.29) is 13.2 Å². The fourth-order valence-electron chi connectivity index (χ4n) is 2.57. The molecule has 0 aliphatic rings. The number of carbonyl (C=O) groups is 1. The van der Waals surface area contributed by atoms with E-state index < -0.39 is 5.97 Å². The van der Waals surface area contributed by atoms with Crippen molar-refractivity contribution >= 4 is 16.7 Å². The maximum Gasteiger partial charge on any atom is 0.344 e. The van der Waals surface area contributed by atoms with Crippen LogP contribution < -0.4 is 14.2 Å². The minimum absolute atomic E-state index is 0.175. The van der Waals surface area contributed by atoms with Gasteiger partial charge < -0.3 is 18.9 Å². The normalized spacial score (nSPS) is 10.4. The second-order valence-corrected chi connectivity index (χ2v) is 5.65. The average molecular weight is 352 g/mol. The van der Waals surface area contributed by atoms with Crippen molar-refractivity contribution in [3.05, 3.63) is 66.2 Å². The summed E-state index contributed by atoms with van der Waals surface area (Å²) >= 11 is 0. The molecule has 0 atom stereocenters. The lowest BCUT2D eigenvalue weighted by molar-refractivity contribution is -0.147. The summed E-state index contributed by atoms with van der Waals surface area (Å²) < 4.78 is 21.1. The predicted octanol–water partition coefficient (Wildman–Crippen LogP) is 3.98. The highest BCUT2D eigenvalue weighted by Crippen LogP contribution is 2.26. The van der Waals surface area contributed by atoms with Gasteiger partial charge in [-0.1, -0.05) is 30.3 Å². The van der Waals surface area contributed by atoms with Crippen LogP contribution in [-0.4, -0.2) is 26.8 Å². The van der Waals surface area contributed by atoms with E-state index in [2.05, 4.69) is 0 Å². The van der Waals surface area contributed by atoms with E-state index in [0.29, 0.717) is 11.5 Å². The van der Waals surface area contributed by atoms with E-state index in [0.717, 1.165) is 22.1 Å². The summed E-state index contributed by atoms with van der Waals surface area (Å²) in [5, 5.41) is 2.13. The summed E-state index contributed by atoms with van der Waals surface area (Å²) in [6, 6.07) is 18.9. The van der Waals surface area contributed by atoms with Gasteiger partial charge in [0.1, 0.15) is 12.4 Å². The van der Waals surface area contributed by atoms with E-state index in [4.69, 9.17) is 18.9 Å². The quantitative estimate of drug-likeness (QED) is 0.602. The van der Waals surface area contributed by atoms with Crippen LogP contribution in [0, 0.1) is 0 Å². The molecular weight excluding hydrogens is 332 g/mol. The Bertz CT molecular complexity index is 904. The van der Waals surface area contributed by atoms with E-state index in [1.54, 1.807) is 26.4 Å². The Morgan fingerprint density at radius 3 is 2.35 bits per heavy atom. The van der Waals surface area contributed by atoms with E-state index in [9.17, 15) is 4.79 Å². The smallest absolute Gasteiger partial charge is 0.344 e. The van der Waals surface area contributed by atoms with Crippen LogP contribution in [0.2, 0.25) is 0 Å². The number of para-hydroxylation sites is 2. The topological polar surface area (TPSA) is 54.0 Å². The number of fused-ring (bicyclic) bond motifs is 1. The summed E-state index contributed by atoms with van der Waals surface area (Å²) in [6.07, 6.45) is 0. The van der Waals surface area contributed by atoms with Crippen molar-refractivity contribution in [1.29, 1.82) is 0 Å². The largest absolute Gasteiger partial charge is 0.497 e. The number of hydrogen-bond donors (Lipinski definition) is 0. The molecule has 0 aliphatic heterocycles. The molecule has 0 radical (unpaired) electrons. The number of ether oxygens (including phenoxy) is 4. The first-order chi connectivity index (χ1) is 12.7. The molecule has 26 heavy (non-hydrogen) atoms. The van der Waals surface area contributed by atoms with Gasteiger partial charge >= 0.3 is 5.97 Å². The molecule has 5 nitrogen and oxygen atoms in total.